The first-order valence-electron chi connectivity index (χ1n) is 15.5. The molecule has 1 aromatic heterocycles. The number of nitrogens with zero attached hydrogens (tertiary/aromatic N) is 1. The number of fused-ring (bicyclic) bond motifs is 6. The molecule has 0 N–H and O–H groups in total. The van der Waals surface area contributed by atoms with Gasteiger partial charge in [0.2, 0.25) is 0 Å². The van der Waals surface area contributed by atoms with Crippen LogP contribution in [0.1, 0.15) is 22.3 Å². The van der Waals surface area contributed by atoms with Crippen LogP contribution in [0.15, 0.2) is 180 Å². The van der Waals surface area contributed by atoms with Gasteiger partial charge in [-0.05, 0) is 64.2 Å². The second-order valence-corrected chi connectivity index (χ2v) is 11.6. The molecule has 1 aliphatic carbocycles. The lowest BCUT2D eigenvalue weighted by molar-refractivity contribution is 0.648. The summed E-state index contributed by atoms with van der Waals surface area (Å²) < 4.78 is 7.01. The van der Waals surface area contributed by atoms with Crippen LogP contribution in [0.3, 0.4) is 0 Å². The van der Waals surface area contributed by atoms with Crippen LogP contribution in [0.25, 0.3) is 33.1 Å². The Labute approximate surface area is 262 Å². The van der Waals surface area contributed by atoms with Crippen LogP contribution in [0.5, 0.6) is 0 Å². The van der Waals surface area contributed by atoms with Gasteiger partial charge in [-0.15, -0.1) is 0 Å². The summed E-state index contributed by atoms with van der Waals surface area (Å²) in [5.41, 5.74) is 11.9. The summed E-state index contributed by atoms with van der Waals surface area (Å²) in [4.78, 5) is 2.35. The minimum absolute atomic E-state index is 0.566. The van der Waals surface area contributed by atoms with Gasteiger partial charge in [0.15, 0.2) is 0 Å². The second-order valence-electron chi connectivity index (χ2n) is 11.6. The third kappa shape index (κ3) is 3.69. The van der Waals surface area contributed by atoms with E-state index in [1.54, 1.807) is 0 Å². The quantitative estimate of drug-likeness (QED) is 0.203. The first-order valence-corrected chi connectivity index (χ1v) is 15.5. The molecule has 1 heterocycles. The lowest BCUT2D eigenvalue weighted by Crippen LogP contribution is -2.29. The Kier molecular flexibility index (Phi) is 5.76. The van der Waals surface area contributed by atoms with Gasteiger partial charge < -0.3 is 9.32 Å². The van der Waals surface area contributed by atoms with Gasteiger partial charge in [-0.3, -0.25) is 0 Å². The Balaban J connectivity index is 1.44. The summed E-state index contributed by atoms with van der Waals surface area (Å²) in [6.07, 6.45) is 0. The van der Waals surface area contributed by atoms with Crippen LogP contribution in [-0.2, 0) is 5.41 Å². The molecular formula is C43H29NO. The molecule has 1 aliphatic rings. The van der Waals surface area contributed by atoms with Gasteiger partial charge >= 0.3 is 0 Å². The van der Waals surface area contributed by atoms with Crippen molar-refractivity contribution in [3.05, 3.63) is 198 Å². The van der Waals surface area contributed by atoms with Crippen molar-refractivity contribution in [1.29, 1.82) is 0 Å². The predicted octanol–water partition coefficient (Wildman–Crippen LogP) is 11.4. The van der Waals surface area contributed by atoms with Gasteiger partial charge in [0.05, 0.1) is 16.5 Å². The molecule has 2 nitrogen and oxygen atoms in total. The fourth-order valence-corrected chi connectivity index (χ4v) is 7.55. The largest absolute Gasteiger partial charge is 0.456 e. The normalized spacial score (nSPS) is 13.1. The molecule has 0 amide bonds. The molecule has 0 unspecified atom stereocenters. The van der Waals surface area contributed by atoms with E-state index in [0.29, 0.717) is 0 Å². The number of furan rings is 1. The summed E-state index contributed by atoms with van der Waals surface area (Å²) in [5.74, 6) is 0. The van der Waals surface area contributed by atoms with Crippen molar-refractivity contribution in [2.45, 2.75) is 5.41 Å². The van der Waals surface area contributed by atoms with Gasteiger partial charge in [-0.1, -0.05) is 140 Å². The SMILES string of the molecule is c1ccc(N(c2ccccc2)c2ccc(C3(c4ccccc4)c4ccccc4-c4ccccc43)c3oc4ccccc4c23)cc1. The van der Waals surface area contributed by atoms with E-state index in [9.17, 15) is 0 Å². The number of hydrogen-bond acceptors (Lipinski definition) is 2. The lowest BCUT2D eigenvalue weighted by atomic mass is 9.67. The van der Waals surface area contributed by atoms with Crippen LogP contribution in [-0.4, -0.2) is 0 Å². The highest BCUT2D eigenvalue weighted by atomic mass is 16.3. The maximum Gasteiger partial charge on any atom is 0.142 e. The minimum Gasteiger partial charge on any atom is -0.456 e. The van der Waals surface area contributed by atoms with Gasteiger partial charge in [0.25, 0.3) is 0 Å². The molecule has 0 fully saturated rings. The van der Waals surface area contributed by atoms with Crippen LogP contribution in [0.4, 0.5) is 17.1 Å². The fourth-order valence-electron chi connectivity index (χ4n) is 7.55. The zero-order valence-corrected chi connectivity index (χ0v) is 24.6. The molecule has 8 aromatic rings. The number of anilines is 3. The van der Waals surface area contributed by atoms with E-state index in [-0.39, 0.29) is 0 Å². The average Bonchev–Trinajstić information content (AvgIpc) is 3.65. The van der Waals surface area contributed by atoms with Crippen molar-refractivity contribution in [2.24, 2.45) is 0 Å². The molecule has 7 aromatic carbocycles. The van der Waals surface area contributed by atoms with E-state index >= 15 is 0 Å². The van der Waals surface area contributed by atoms with Crippen LogP contribution in [0.2, 0.25) is 0 Å². The summed E-state index contributed by atoms with van der Waals surface area (Å²) in [6.45, 7) is 0. The third-order valence-electron chi connectivity index (χ3n) is 9.34. The molecule has 0 atom stereocenters. The van der Waals surface area contributed by atoms with Crippen LogP contribution in [0, 0.1) is 0 Å². The number of para-hydroxylation sites is 3. The molecule has 0 aliphatic heterocycles. The number of hydrogen-bond donors (Lipinski definition) is 0. The van der Waals surface area contributed by atoms with Crippen molar-refractivity contribution in [2.75, 3.05) is 4.90 Å². The fraction of sp³-hybridized carbons (Fsp3) is 0.0233. The standard InChI is InChI=1S/C43H29NO/c1-4-16-30(17-5-1)43(36-25-13-10-22-33(36)34-23-11-14-26-37(34)43)38-28-29-39(41-35-24-12-15-27-40(35)45-42(38)41)44(31-18-6-2-7-19-31)32-20-8-3-9-21-32/h1-29H. The monoisotopic (exact) mass is 575 g/mol. The van der Waals surface area contributed by atoms with Gasteiger partial charge in [-0.25, -0.2) is 0 Å². The zero-order valence-electron chi connectivity index (χ0n) is 24.6. The van der Waals surface area contributed by atoms with Crippen LogP contribution >= 0.6 is 0 Å². The highest BCUT2D eigenvalue weighted by Gasteiger charge is 2.47. The van der Waals surface area contributed by atoms with Crippen LogP contribution < -0.4 is 4.90 Å². The minimum atomic E-state index is -0.566. The predicted molar refractivity (Wildman–Crippen MR) is 186 cm³/mol. The summed E-state index contributed by atoms with van der Waals surface area (Å²) in [6, 6.07) is 62.9. The Hall–Kier alpha value is -5.86. The van der Waals surface area contributed by atoms with E-state index in [1.165, 1.54) is 27.8 Å². The molecule has 0 spiro atoms. The maximum absolute atomic E-state index is 7.01. The molecule has 2 heteroatoms. The van der Waals surface area contributed by atoms with E-state index in [0.717, 1.165) is 44.6 Å². The topological polar surface area (TPSA) is 16.4 Å². The van der Waals surface area contributed by atoms with E-state index in [1.807, 2.05) is 0 Å². The van der Waals surface area contributed by atoms with E-state index < -0.39 is 5.41 Å². The Morgan fingerprint density at radius 2 is 0.933 bits per heavy atom. The third-order valence-corrected chi connectivity index (χ3v) is 9.34. The molecule has 212 valence electrons. The van der Waals surface area contributed by atoms with Crippen molar-refractivity contribution in [1.82, 2.24) is 0 Å². The Morgan fingerprint density at radius 3 is 1.56 bits per heavy atom. The highest BCUT2D eigenvalue weighted by molar-refractivity contribution is 6.15. The second kappa shape index (κ2) is 10.1. The van der Waals surface area contributed by atoms with E-state index in [2.05, 4.69) is 181 Å². The molecule has 0 bridgehead atoms. The first-order chi connectivity index (χ1) is 22.4. The lowest BCUT2D eigenvalue weighted by Gasteiger charge is -2.34. The van der Waals surface area contributed by atoms with Gasteiger partial charge in [0, 0.05) is 22.3 Å². The molecular weight excluding hydrogens is 546 g/mol. The van der Waals surface area contributed by atoms with Crippen molar-refractivity contribution >= 4 is 39.0 Å². The van der Waals surface area contributed by atoms with Crippen molar-refractivity contribution in [3.8, 4) is 11.1 Å². The smallest absolute Gasteiger partial charge is 0.142 e. The first kappa shape index (κ1) is 25.6. The Morgan fingerprint density at radius 1 is 0.422 bits per heavy atom. The maximum atomic E-state index is 7.01. The average molecular weight is 576 g/mol. The van der Waals surface area contributed by atoms with Crippen molar-refractivity contribution < 1.29 is 4.42 Å². The molecule has 0 saturated carbocycles. The number of benzene rings is 7. The van der Waals surface area contributed by atoms with Gasteiger partial charge in [-0.2, -0.15) is 0 Å². The zero-order chi connectivity index (χ0) is 29.8. The van der Waals surface area contributed by atoms with Gasteiger partial charge in [0.1, 0.15) is 11.2 Å². The summed E-state index contributed by atoms with van der Waals surface area (Å²) in [7, 11) is 0. The molecule has 0 saturated heterocycles. The van der Waals surface area contributed by atoms with Crippen molar-refractivity contribution in [3.63, 3.8) is 0 Å². The number of rotatable bonds is 5. The Bertz CT molecular complexity index is 2240. The summed E-state index contributed by atoms with van der Waals surface area (Å²) in [5, 5.41) is 2.21. The molecule has 45 heavy (non-hydrogen) atoms. The molecule has 9 rings (SSSR count). The highest BCUT2D eigenvalue weighted by Crippen LogP contribution is 2.58. The summed E-state index contributed by atoms with van der Waals surface area (Å²) >= 11 is 0. The van der Waals surface area contributed by atoms with E-state index in [4.69, 9.17) is 4.42 Å². The molecule has 0 radical (unpaired) electrons.